The third kappa shape index (κ3) is 3.82. The molecule has 1 aliphatic carbocycles. The molecule has 29 heavy (non-hydrogen) atoms. The Labute approximate surface area is 171 Å². The fourth-order valence-electron chi connectivity index (χ4n) is 3.18. The molecule has 0 N–H and O–H groups in total. The van der Waals surface area contributed by atoms with Crippen LogP contribution in [0.25, 0.3) is 0 Å². The number of thioether (sulfide) groups is 1. The first-order valence-corrected chi connectivity index (χ1v) is 9.79. The van der Waals surface area contributed by atoms with Crippen molar-refractivity contribution in [3.63, 3.8) is 0 Å². The van der Waals surface area contributed by atoms with Crippen molar-refractivity contribution in [2.45, 2.75) is 11.3 Å². The number of fused-ring (bicyclic) bond motifs is 1. The first-order valence-electron chi connectivity index (χ1n) is 8.98. The zero-order valence-corrected chi connectivity index (χ0v) is 16.0. The van der Waals surface area contributed by atoms with Gasteiger partial charge >= 0.3 is 0 Å². The highest BCUT2D eigenvalue weighted by atomic mass is 32.2. The largest absolute Gasteiger partial charge is 0.294 e. The van der Waals surface area contributed by atoms with Gasteiger partial charge < -0.3 is 0 Å². The van der Waals surface area contributed by atoms with Gasteiger partial charge in [-0.1, -0.05) is 54.2 Å². The zero-order chi connectivity index (χ0) is 20.4. The Morgan fingerprint density at radius 3 is 2.00 bits per heavy atom. The summed E-state index contributed by atoms with van der Waals surface area (Å²) in [5.41, 5.74) is 1.12. The van der Waals surface area contributed by atoms with Gasteiger partial charge in [-0.05, 0) is 36.4 Å². The number of carbonyl (C=O) groups excluding carboxylic acids is 3. The fourth-order valence-corrected chi connectivity index (χ4v) is 4.20. The van der Waals surface area contributed by atoms with Gasteiger partial charge in [-0.15, -0.1) is 0 Å². The minimum Gasteiger partial charge on any atom is -0.294 e. The molecular formula is C24H15FO3S. The van der Waals surface area contributed by atoms with Crippen LogP contribution in [0.2, 0.25) is 0 Å². The lowest BCUT2D eigenvalue weighted by Crippen LogP contribution is -2.22. The molecule has 142 valence electrons. The Hall–Kier alpha value is -3.31. The minimum atomic E-state index is -0.445. The topological polar surface area (TPSA) is 51.2 Å². The van der Waals surface area contributed by atoms with Gasteiger partial charge in [0.2, 0.25) is 5.78 Å². The number of Topliss-reactive ketones (excluding diaryl/α,β-unsaturated/α-hetero) is 3. The van der Waals surface area contributed by atoms with Crippen molar-refractivity contribution >= 4 is 29.1 Å². The molecule has 0 spiro atoms. The summed E-state index contributed by atoms with van der Waals surface area (Å²) in [4.78, 5) is 40.1. The standard InChI is InChI=1S/C24H15FO3S/c25-16-12-10-15(11-13-16)21(26)14-20-22(27)18-8-4-5-9-19(18)23(28)24(20)29-17-6-2-1-3-7-17/h1-13H,14H2. The second-order valence-corrected chi connectivity index (χ2v) is 7.62. The van der Waals surface area contributed by atoms with Crippen molar-refractivity contribution in [3.8, 4) is 0 Å². The van der Waals surface area contributed by atoms with Gasteiger partial charge in [0.05, 0.1) is 4.91 Å². The molecular weight excluding hydrogens is 387 g/mol. The van der Waals surface area contributed by atoms with Crippen molar-refractivity contribution in [1.29, 1.82) is 0 Å². The Morgan fingerprint density at radius 2 is 1.34 bits per heavy atom. The maximum Gasteiger partial charge on any atom is 0.200 e. The highest BCUT2D eigenvalue weighted by Crippen LogP contribution is 2.38. The van der Waals surface area contributed by atoms with E-state index in [1.807, 2.05) is 30.3 Å². The number of allylic oxidation sites excluding steroid dienone is 2. The summed E-state index contributed by atoms with van der Waals surface area (Å²) in [6, 6.07) is 21.0. The van der Waals surface area contributed by atoms with Gasteiger partial charge in [0.25, 0.3) is 0 Å². The van der Waals surface area contributed by atoms with Crippen molar-refractivity contribution in [2.24, 2.45) is 0 Å². The Balaban J connectivity index is 1.77. The van der Waals surface area contributed by atoms with Crippen molar-refractivity contribution in [2.75, 3.05) is 0 Å². The molecule has 0 saturated carbocycles. The van der Waals surface area contributed by atoms with E-state index in [1.165, 1.54) is 36.0 Å². The summed E-state index contributed by atoms with van der Waals surface area (Å²) in [7, 11) is 0. The molecule has 0 bridgehead atoms. The quantitative estimate of drug-likeness (QED) is 0.527. The number of ketones is 3. The molecule has 1 aliphatic rings. The maximum atomic E-state index is 13.2. The van der Waals surface area contributed by atoms with Crippen molar-refractivity contribution in [3.05, 3.63) is 112 Å². The second kappa shape index (κ2) is 7.97. The van der Waals surface area contributed by atoms with Crippen LogP contribution in [0.4, 0.5) is 4.39 Å². The summed E-state index contributed by atoms with van der Waals surface area (Å²) >= 11 is 1.18. The SMILES string of the molecule is O=C(CC1=C(Sc2ccccc2)C(=O)c2ccccc2C1=O)c1ccc(F)cc1. The van der Waals surface area contributed by atoms with Gasteiger partial charge in [-0.3, -0.25) is 14.4 Å². The number of benzene rings is 3. The Morgan fingerprint density at radius 1 is 0.759 bits per heavy atom. The van der Waals surface area contributed by atoms with Crippen LogP contribution in [0, 0.1) is 5.82 Å². The normalized spacial score (nSPS) is 13.4. The van der Waals surface area contributed by atoms with Crippen LogP contribution in [-0.4, -0.2) is 17.3 Å². The molecule has 0 radical (unpaired) electrons. The summed E-state index contributed by atoms with van der Waals surface area (Å²) in [5.74, 6) is -1.38. The molecule has 0 fully saturated rings. The summed E-state index contributed by atoms with van der Waals surface area (Å²) in [6.45, 7) is 0. The number of halogens is 1. The monoisotopic (exact) mass is 402 g/mol. The fraction of sp³-hybridized carbons (Fsp3) is 0.0417. The van der Waals surface area contributed by atoms with Crippen LogP contribution in [0.5, 0.6) is 0 Å². The molecule has 3 nitrogen and oxygen atoms in total. The highest BCUT2D eigenvalue weighted by molar-refractivity contribution is 8.04. The average molecular weight is 402 g/mol. The molecule has 3 aromatic carbocycles. The number of carbonyl (C=O) groups is 3. The lowest BCUT2D eigenvalue weighted by atomic mass is 9.86. The predicted octanol–water partition coefficient (Wildman–Crippen LogP) is 5.52. The average Bonchev–Trinajstić information content (AvgIpc) is 2.75. The zero-order valence-electron chi connectivity index (χ0n) is 15.2. The molecule has 0 saturated heterocycles. The van der Waals surface area contributed by atoms with E-state index >= 15 is 0 Å². The number of hydrogen-bond donors (Lipinski definition) is 0. The predicted molar refractivity (Wildman–Crippen MR) is 110 cm³/mol. The molecule has 0 aliphatic heterocycles. The van der Waals surface area contributed by atoms with E-state index in [0.717, 1.165) is 4.90 Å². The van der Waals surface area contributed by atoms with Crippen molar-refractivity contribution in [1.82, 2.24) is 0 Å². The summed E-state index contributed by atoms with van der Waals surface area (Å²) in [5, 5.41) is 0. The molecule has 0 unspecified atom stereocenters. The van der Waals surface area contributed by atoms with Gasteiger partial charge in [0.1, 0.15) is 5.82 Å². The lowest BCUT2D eigenvalue weighted by molar-refractivity contribution is 0.0946. The van der Waals surface area contributed by atoms with Crippen LogP contribution >= 0.6 is 11.8 Å². The highest BCUT2D eigenvalue weighted by Gasteiger charge is 2.33. The van der Waals surface area contributed by atoms with E-state index in [4.69, 9.17) is 0 Å². The van der Waals surface area contributed by atoms with E-state index in [0.29, 0.717) is 16.7 Å². The number of hydrogen-bond acceptors (Lipinski definition) is 4. The molecule has 5 heteroatoms. The van der Waals surface area contributed by atoms with Gasteiger partial charge in [0.15, 0.2) is 11.6 Å². The van der Waals surface area contributed by atoms with Crippen molar-refractivity contribution < 1.29 is 18.8 Å². The van der Waals surface area contributed by atoms with Crippen LogP contribution in [0.1, 0.15) is 37.5 Å². The molecule has 0 atom stereocenters. The first kappa shape index (κ1) is 19.0. The Bertz CT molecular complexity index is 1150. The van der Waals surface area contributed by atoms with E-state index in [9.17, 15) is 18.8 Å². The Kier molecular flexibility index (Phi) is 5.23. The summed E-state index contributed by atoms with van der Waals surface area (Å²) in [6.07, 6.45) is -0.223. The summed E-state index contributed by atoms with van der Waals surface area (Å²) < 4.78 is 13.2. The molecule has 3 aromatic rings. The first-order chi connectivity index (χ1) is 14.0. The second-order valence-electron chi connectivity index (χ2n) is 6.53. The molecule has 0 aromatic heterocycles. The van der Waals surface area contributed by atoms with E-state index < -0.39 is 5.82 Å². The van der Waals surface area contributed by atoms with Crippen LogP contribution in [0.3, 0.4) is 0 Å². The van der Waals surface area contributed by atoms with E-state index in [2.05, 4.69) is 0 Å². The maximum absolute atomic E-state index is 13.2. The molecule has 0 amide bonds. The van der Waals surface area contributed by atoms with Crippen LogP contribution < -0.4 is 0 Å². The number of rotatable bonds is 5. The van der Waals surface area contributed by atoms with Crippen LogP contribution in [-0.2, 0) is 0 Å². The van der Waals surface area contributed by atoms with Gasteiger partial charge in [-0.2, -0.15) is 0 Å². The van der Waals surface area contributed by atoms with Gasteiger partial charge in [-0.25, -0.2) is 4.39 Å². The van der Waals surface area contributed by atoms with E-state index in [-0.39, 0.29) is 34.2 Å². The third-order valence-corrected chi connectivity index (χ3v) is 5.78. The third-order valence-electron chi connectivity index (χ3n) is 4.64. The molecule has 0 heterocycles. The minimum absolute atomic E-state index is 0.178. The van der Waals surface area contributed by atoms with Gasteiger partial charge in [0, 0.05) is 33.6 Å². The smallest absolute Gasteiger partial charge is 0.200 e. The van der Waals surface area contributed by atoms with E-state index in [1.54, 1.807) is 24.3 Å². The lowest BCUT2D eigenvalue weighted by Gasteiger charge is -2.20. The van der Waals surface area contributed by atoms with Crippen LogP contribution in [0.15, 0.2) is 94.2 Å². The molecule has 4 rings (SSSR count).